The maximum Gasteiger partial charge on any atom is 0.413 e. The molecule has 0 heterocycles. The SMILES string of the molecule is COc1ccccc1OC(=O)NC(C)(C)CN. The largest absolute Gasteiger partial charge is 0.493 e. The van der Waals surface area contributed by atoms with Crippen molar-refractivity contribution in [3.8, 4) is 11.5 Å². The summed E-state index contributed by atoms with van der Waals surface area (Å²) in [6, 6.07) is 6.94. The highest BCUT2D eigenvalue weighted by Crippen LogP contribution is 2.25. The third kappa shape index (κ3) is 3.96. The number of para-hydroxylation sites is 2. The molecule has 0 atom stereocenters. The van der Waals surface area contributed by atoms with Crippen LogP contribution in [0.25, 0.3) is 0 Å². The minimum Gasteiger partial charge on any atom is -0.493 e. The van der Waals surface area contributed by atoms with Gasteiger partial charge in [-0.25, -0.2) is 4.79 Å². The Bertz CT molecular complexity index is 391. The van der Waals surface area contributed by atoms with Gasteiger partial charge >= 0.3 is 6.09 Å². The number of nitrogens with one attached hydrogen (secondary N) is 1. The number of carbonyl (C=O) groups excluding carboxylic acids is 1. The summed E-state index contributed by atoms with van der Waals surface area (Å²) in [4.78, 5) is 11.6. The predicted molar refractivity (Wildman–Crippen MR) is 65.3 cm³/mol. The van der Waals surface area contributed by atoms with E-state index in [-0.39, 0.29) is 0 Å². The van der Waals surface area contributed by atoms with E-state index in [1.165, 1.54) is 7.11 Å². The fourth-order valence-corrected chi connectivity index (χ4v) is 1.16. The Morgan fingerprint density at radius 2 is 1.94 bits per heavy atom. The fraction of sp³-hybridized carbons (Fsp3) is 0.417. The highest BCUT2D eigenvalue weighted by molar-refractivity contribution is 5.72. The van der Waals surface area contributed by atoms with Crippen molar-refractivity contribution < 1.29 is 14.3 Å². The van der Waals surface area contributed by atoms with Crippen LogP contribution in [-0.4, -0.2) is 25.3 Å². The van der Waals surface area contributed by atoms with Gasteiger partial charge in [-0.05, 0) is 26.0 Å². The molecule has 1 aromatic carbocycles. The molecule has 5 nitrogen and oxygen atoms in total. The van der Waals surface area contributed by atoms with Gasteiger partial charge in [0.05, 0.1) is 7.11 Å². The van der Waals surface area contributed by atoms with Gasteiger partial charge in [-0.2, -0.15) is 0 Å². The van der Waals surface area contributed by atoms with Crippen LogP contribution >= 0.6 is 0 Å². The van der Waals surface area contributed by atoms with Gasteiger partial charge in [0.1, 0.15) is 0 Å². The van der Waals surface area contributed by atoms with Crippen molar-refractivity contribution in [3.63, 3.8) is 0 Å². The summed E-state index contributed by atoms with van der Waals surface area (Å²) in [5, 5.41) is 2.66. The molecular formula is C12H18N2O3. The van der Waals surface area contributed by atoms with E-state index in [9.17, 15) is 4.79 Å². The van der Waals surface area contributed by atoms with E-state index in [4.69, 9.17) is 15.2 Å². The first kappa shape index (κ1) is 13.3. The molecule has 0 radical (unpaired) electrons. The van der Waals surface area contributed by atoms with Crippen LogP contribution in [0.2, 0.25) is 0 Å². The fourth-order valence-electron chi connectivity index (χ4n) is 1.16. The van der Waals surface area contributed by atoms with Gasteiger partial charge in [0.25, 0.3) is 0 Å². The van der Waals surface area contributed by atoms with Gasteiger partial charge in [0, 0.05) is 12.1 Å². The van der Waals surface area contributed by atoms with Crippen LogP contribution in [0.5, 0.6) is 11.5 Å². The second-order valence-electron chi connectivity index (χ2n) is 4.25. The second kappa shape index (κ2) is 5.54. The minimum atomic E-state index is -0.551. The molecule has 1 rings (SSSR count). The van der Waals surface area contributed by atoms with E-state index in [1.807, 2.05) is 13.8 Å². The van der Waals surface area contributed by atoms with Crippen LogP contribution in [0.3, 0.4) is 0 Å². The number of benzene rings is 1. The third-order valence-corrected chi connectivity index (χ3v) is 2.22. The Morgan fingerprint density at radius 1 is 1.35 bits per heavy atom. The van der Waals surface area contributed by atoms with E-state index in [2.05, 4.69) is 5.32 Å². The Labute approximate surface area is 101 Å². The number of ether oxygens (including phenoxy) is 2. The van der Waals surface area contributed by atoms with E-state index in [1.54, 1.807) is 24.3 Å². The highest BCUT2D eigenvalue weighted by Gasteiger charge is 2.20. The number of carbonyl (C=O) groups is 1. The molecule has 1 amide bonds. The zero-order valence-electron chi connectivity index (χ0n) is 10.3. The molecule has 0 unspecified atom stereocenters. The van der Waals surface area contributed by atoms with E-state index in [0.29, 0.717) is 18.0 Å². The Hall–Kier alpha value is -1.75. The first-order valence-corrected chi connectivity index (χ1v) is 5.31. The van der Waals surface area contributed by atoms with Gasteiger partial charge in [-0.15, -0.1) is 0 Å². The van der Waals surface area contributed by atoms with Gasteiger partial charge < -0.3 is 20.5 Å². The Morgan fingerprint density at radius 3 is 2.47 bits per heavy atom. The van der Waals surface area contributed by atoms with Gasteiger partial charge in [0.15, 0.2) is 11.5 Å². The zero-order chi connectivity index (χ0) is 12.9. The van der Waals surface area contributed by atoms with Crippen molar-refractivity contribution in [1.29, 1.82) is 0 Å². The Kier molecular flexibility index (Phi) is 4.34. The van der Waals surface area contributed by atoms with Crippen LogP contribution in [-0.2, 0) is 0 Å². The number of amides is 1. The van der Waals surface area contributed by atoms with Crippen LogP contribution in [0.15, 0.2) is 24.3 Å². The molecule has 0 bridgehead atoms. The van der Waals surface area contributed by atoms with E-state index < -0.39 is 11.6 Å². The third-order valence-electron chi connectivity index (χ3n) is 2.22. The van der Waals surface area contributed by atoms with Crippen molar-refractivity contribution in [2.75, 3.05) is 13.7 Å². The number of hydrogen-bond donors (Lipinski definition) is 2. The molecule has 5 heteroatoms. The van der Waals surface area contributed by atoms with Crippen LogP contribution in [0, 0.1) is 0 Å². The number of methoxy groups -OCH3 is 1. The lowest BCUT2D eigenvalue weighted by Crippen LogP contribution is -2.49. The maximum atomic E-state index is 11.6. The van der Waals surface area contributed by atoms with Crippen LogP contribution < -0.4 is 20.5 Å². The maximum absolute atomic E-state index is 11.6. The summed E-state index contributed by atoms with van der Waals surface area (Å²) in [6.07, 6.45) is -0.551. The summed E-state index contributed by atoms with van der Waals surface area (Å²) < 4.78 is 10.2. The molecule has 0 aliphatic heterocycles. The molecule has 0 saturated heterocycles. The van der Waals surface area contributed by atoms with Crippen LogP contribution in [0.1, 0.15) is 13.8 Å². The van der Waals surface area contributed by atoms with Gasteiger partial charge in [-0.1, -0.05) is 12.1 Å². The van der Waals surface area contributed by atoms with Crippen LogP contribution in [0.4, 0.5) is 4.79 Å². The molecule has 17 heavy (non-hydrogen) atoms. The standard InChI is InChI=1S/C12H18N2O3/c1-12(2,8-13)14-11(15)17-10-7-5-4-6-9(10)16-3/h4-7H,8,13H2,1-3H3,(H,14,15). The van der Waals surface area contributed by atoms with Crippen molar-refractivity contribution in [2.45, 2.75) is 19.4 Å². The van der Waals surface area contributed by atoms with Crippen molar-refractivity contribution in [1.82, 2.24) is 5.32 Å². The first-order valence-electron chi connectivity index (χ1n) is 5.31. The van der Waals surface area contributed by atoms with Gasteiger partial charge in [0.2, 0.25) is 0 Å². The van der Waals surface area contributed by atoms with Crippen molar-refractivity contribution in [3.05, 3.63) is 24.3 Å². The summed E-state index contributed by atoms with van der Waals surface area (Å²) in [5.74, 6) is 0.883. The molecule has 0 spiro atoms. The first-order chi connectivity index (χ1) is 7.98. The topological polar surface area (TPSA) is 73.6 Å². The molecule has 3 N–H and O–H groups in total. The lowest BCUT2D eigenvalue weighted by molar-refractivity contribution is 0.187. The lowest BCUT2D eigenvalue weighted by Gasteiger charge is -2.23. The average Bonchev–Trinajstić information content (AvgIpc) is 2.29. The molecule has 0 aliphatic carbocycles. The number of hydrogen-bond acceptors (Lipinski definition) is 4. The smallest absolute Gasteiger partial charge is 0.413 e. The normalized spacial score (nSPS) is 10.8. The molecule has 0 saturated carbocycles. The highest BCUT2D eigenvalue weighted by atomic mass is 16.6. The van der Waals surface area contributed by atoms with Crippen molar-refractivity contribution >= 4 is 6.09 Å². The van der Waals surface area contributed by atoms with Gasteiger partial charge in [-0.3, -0.25) is 0 Å². The summed E-state index contributed by atoms with van der Waals surface area (Å²) >= 11 is 0. The second-order valence-corrected chi connectivity index (χ2v) is 4.25. The van der Waals surface area contributed by atoms with E-state index >= 15 is 0 Å². The molecule has 0 aromatic heterocycles. The lowest BCUT2D eigenvalue weighted by atomic mass is 10.1. The number of rotatable bonds is 4. The predicted octanol–water partition coefficient (Wildman–Crippen LogP) is 1.52. The number of nitrogens with two attached hydrogens (primary N) is 1. The monoisotopic (exact) mass is 238 g/mol. The molecule has 1 aromatic rings. The zero-order valence-corrected chi connectivity index (χ0v) is 10.3. The average molecular weight is 238 g/mol. The summed E-state index contributed by atoms with van der Waals surface area (Å²) in [5.41, 5.74) is 5.01. The quantitative estimate of drug-likeness (QED) is 0.834. The molecule has 0 fully saturated rings. The molecular weight excluding hydrogens is 220 g/mol. The molecule has 94 valence electrons. The summed E-state index contributed by atoms with van der Waals surface area (Å²) in [6.45, 7) is 3.96. The summed E-state index contributed by atoms with van der Waals surface area (Å²) in [7, 11) is 1.52. The minimum absolute atomic E-state index is 0.327. The van der Waals surface area contributed by atoms with E-state index in [0.717, 1.165) is 0 Å². The Balaban J connectivity index is 2.68. The van der Waals surface area contributed by atoms with Crippen molar-refractivity contribution in [2.24, 2.45) is 5.73 Å². The molecule has 0 aliphatic rings.